The molecule has 0 saturated carbocycles. The third kappa shape index (κ3) is 3.24. The number of nitrogens with zero attached hydrogens (tertiary/aromatic N) is 5. The van der Waals surface area contributed by atoms with E-state index < -0.39 is 0 Å². The molecule has 1 amide bonds. The Morgan fingerprint density at radius 2 is 1.75 bits per heavy atom. The molecule has 0 aliphatic carbocycles. The van der Waals surface area contributed by atoms with E-state index in [1.54, 1.807) is 13.2 Å². The van der Waals surface area contributed by atoms with E-state index in [1.807, 2.05) is 59.2 Å². The first-order chi connectivity index (χ1) is 13.6. The van der Waals surface area contributed by atoms with Gasteiger partial charge in [0.05, 0.1) is 5.92 Å². The van der Waals surface area contributed by atoms with Crippen molar-refractivity contribution in [1.29, 1.82) is 0 Å². The molecule has 1 fully saturated rings. The molecule has 0 radical (unpaired) electrons. The molecule has 1 unspecified atom stereocenters. The van der Waals surface area contributed by atoms with Crippen LogP contribution in [0.3, 0.4) is 0 Å². The van der Waals surface area contributed by atoms with Crippen molar-refractivity contribution in [2.75, 3.05) is 31.1 Å². The maximum atomic E-state index is 12.9. The van der Waals surface area contributed by atoms with E-state index in [0.29, 0.717) is 43.2 Å². The summed E-state index contributed by atoms with van der Waals surface area (Å²) in [5, 5.41) is 0. The molecule has 4 rings (SSSR count). The SMILES string of the molecule is CC(C(=O)N1CCN(c2nc3cccnc3n(C)c2=O)CC1)c1ccccc1. The van der Waals surface area contributed by atoms with Gasteiger partial charge in [0.2, 0.25) is 5.91 Å². The van der Waals surface area contributed by atoms with Crippen molar-refractivity contribution in [2.45, 2.75) is 12.8 Å². The molecule has 0 N–H and O–H groups in total. The number of carbonyl (C=O) groups excluding carboxylic acids is 1. The maximum absolute atomic E-state index is 12.9. The number of benzene rings is 1. The van der Waals surface area contributed by atoms with Gasteiger partial charge in [0.15, 0.2) is 11.5 Å². The number of amides is 1. The zero-order valence-corrected chi connectivity index (χ0v) is 16.1. The number of piperazine rings is 1. The Hall–Kier alpha value is -3.22. The second kappa shape index (κ2) is 7.42. The lowest BCUT2D eigenvalue weighted by atomic mass is 9.99. The molecule has 1 aromatic carbocycles. The van der Waals surface area contributed by atoms with Gasteiger partial charge in [-0.2, -0.15) is 0 Å². The molecular weight excluding hydrogens is 354 g/mol. The van der Waals surface area contributed by atoms with Gasteiger partial charge in [0, 0.05) is 39.4 Å². The molecule has 2 aromatic heterocycles. The Balaban J connectivity index is 1.50. The number of aromatic nitrogens is 3. The van der Waals surface area contributed by atoms with Crippen molar-refractivity contribution in [3.8, 4) is 0 Å². The van der Waals surface area contributed by atoms with Crippen LogP contribution in [0.15, 0.2) is 53.5 Å². The van der Waals surface area contributed by atoms with Gasteiger partial charge in [-0.05, 0) is 24.6 Å². The maximum Gasteiger partial charge on any atom is 0.294 e. The molecule has 0 spiro atoms. The van der Waals surface area contributed by atoms with Crippen molar-refractivity contribution >= 4 is 22.9 Å². The Morgan fingerprint density at radius 1 is 1.04 bits per heavy atom. The van der Waals surface area contributed by atoms with Gasteiger partial charge in [-0.15, -0.1) is 0 Å². The van der Waals surface area contributed by atoms with E-state index in [-0.39, 0.29) is 17.4 Å². The molecule has 1 atom stereocenters. The number of pyridine rings is 1. The molecule has 144 valence electrons. The smallest absolute Gasteiger partial charge is 0.294 e. The topological polar surface area (TPSA) is 71.3 Å². The number of anilines is 1. The molecule has 7 nitrogen and oxygen atoms in total. The van der Waals surface area contributed by atoms with Crippen LogP contribution in [0.25, 0.3) is 11.2 Å². The summed E-state index contributed by atoms with van der Waals surface area (Å²) in [4.78, 5) is 38.2. The average Bonchev–Trinajstić information content (AvgIpc) is 2.76. The standard InChI is InChI=1S/C21H23N5O2/c1-15(16-7-4-3-5-8-16)20(27)26-13-11-25(12-14-26)19-21(28)24(2)18-17(23-19)9-6-10-22-18/h3-10,15H,11-14H2,1-2H3. The van der Waals surface area contributed by atoms with E-state index in [0.717, 1.165) is 5.56 Å². The van der Waals surface area contributed by atoms with Crippen LogP contribution in [0.5, 0.6) is 0 Å². The number of hydrogen-bond donors (Lipinski definition) is 0. The van der Waals surface area contributed by atoms with Gasteiger partial charge in [0.1, 0.15) is 5.52 Å². The average molecular weight is 377 g/mol. The Morgan fingerprint density at radius 3 is 2.46 bits per heavy atom. The summed E-state index contributed by atoms with van der Waals surface area (Å²) in [5.74, 6) is 0.367. The van der Waals surface area contributed by atoms with Gasteiger partial charge in [-0.3, -0.25) is 14.2 Å². The van der Waals surface area contributed by atoms with Gasteiger partial charge in [0.25, 0.3) is 5.56 Å². The Kier molecular flexibility index (Phi) is 4.81. The lowest BCUT2D eigenvalue weighted by Crippen LogP contribution is -2.51. The minimum absolute atomic E-state index is 0.120. The van der Waals surface area contributed by atoms with Crippen molar-refractivity contribution < 1.29 is 4.79 Å². The molecule has 28 heavy (non-hydrogen) atoms. The molecule has 1 aliphatic rings. The minimum atomic E-state index is -0.175. The number of carbonyl (C=O) groups is 1. The predicted molar refractivity (Wildman–Crippen MR) is 108 cm³/mol. The van der Waals surface area contributed by atoms with Crippen LogP contribution < -0.4 is 10.5 Å². The molecule has 1 aliphatic heterocycles. The lowest BCUT2D eigenvalue weighted by Gasteiger charge is -2.36. The summed E-state index contributed by atoms with van der Waals surface area (Å²) in [6, 6.07) is 13.5. The molecule has 3 heterocycles. The third-order valence-electron chi connectivity index (χ3n) is 5.37. The Labute approximate surface area is 163 Å². The molecule has 0 bridgehead atoms. The van der Waals surface area contributed by atoms with Crippen LogP contribution in [0, 0.1) is 0 Å². The van der Waals surface area contributed by atoms with Crippen LogP contribution in [-0.2, 0) is 11.8 Å². The third-order valence-corrected chi connectivity index (χ3v) is 5.37. The monoisotopic (exact) mass is 377 g/mol. The van der Waals surface area contributed by atoms with E-state index in [2.05, 4.69) is 9.97 Å². The summed E-state index contributed by atoms with van der Waals surface area (Å²) < 4.78 is 1.53. The number of fused-ring (bicyclic) bond motifs is 1. The first-order valence-corrected chi connectivity index (χ1v) is 9.46. The molecule has 1 saturated heterocycles. The highest BCUT2D eigenvalue weighted by molar-refractivity contribution is 5.83. The molecule has 3 aromatic rings. The van der Waals surface area contributed by atoms with Gasteiger partial charge >= 0.3 is 0 Å². The number of aryl methyl sites for hydroxylation is 1. The lowest BCUT2D eigenvalue weighted by molar-refractivity contribution is -0.132. The molecular formula is C21H23N5O2. The quantitative estimate of drug-likeness (QED) is 0.696. The fourth-order valence-corrected chi connectivity index (χ4v) is 3.65. The zero-order chi connectivity index (χ0) is 19.7. The summed E-state index contributed by atoms with van der Waals surface area (Å²) in [6.45, 7) is 4.26. The minimum Gasteiger partial charge on any atom is -0.348 e. The fourth-order valence-electron chi connectivity index (χ4n) is 3.65. The highest BCUT2D eigenvalue weighted by Gasteiger charge is 2.27. The summed E-state index contributed by atoms with van der Waals surface area (Å²) >= 11 is 0. The number of hydrogen-bond acceptors (Lipinski definition) is 5. The van der Waals surface area contributed by atoms with E-state index in [4.69, 9.17) is 0 Å². The number of rotatable bonds is 3. The van der Waals surface area contributed by atoms with Crippen molar-refractivity contribution in [1.82, 2.24) is 19.4 Å². The van der Waals surface area contributed by atoms with Gasteiger partial charge in [-0.1, -0.05) is 30.3 Å². The van der Waals surface area contributed by atoms with Crippen LogP contribution in [0.2, 0.25) is 0 Å². The van der Waals surface area contributed by atoms with Crippen LogP contribution >= 0.6 is 0 Å². The first kappa shape index (κ1) is 18.2. The summed E-state index contributed by atoms with van der Waals surface area (Å²) in [6.07, 6.45) is 1.65. The van der Waals surface area contributed by atoms with Crippen LogP contribution in [0.4, 0.5) is 5.82 Å². The molecule has 7 heteroatoms. The van der Waals surface area contributed by atoms with Crippen molar-refractivity contribution in [3.63, 3.8) is 0 Å². The van der Waals surface area contributed by atoms with E-state index in [1.165, 1.54) is 4.57 Å². The highest BCUT2D eigenvalue weighted by atomic mass is 16.2. The normalized spacial score (nSPS) is 15.6. The predicted octanol–water partition coefficient (Wildman–Crippen LogP) is 1.78. The highest BCUT2D eigenvalue weighted by Crippen LogP contribution is 2.20. The van der Waals surface area contributed by atoms with Gasteiger partial charge in [-0.25, -0.2) is 9.97 Å². The van der Waals surface area contributed by atoms with Crippen LogP contribution in [-0.4, -0.2) is 51.5 Å². The largest absolute Gasteiger partial charge is 0.348 e. The Bertz CT molecular complexity index is 1060. The second-order valence-corrected chi connectivity index (χ2v) is 7.09. The van der Waals surface area contributed by atoms with E-state index in [9.17, 15) is 9.59 Å². The van der Waals surface area contributed by atoms with Crippen molar-refractivity contribution in [3.05, 3.63) is 64.6 Å². The summed E-state index contributed by atoms with van der Waals surface area (Å²) in [7, 11) is 1.71. The summed E-state index contributed by atoms with van der Waals surface area (Å²) in [5.41, 5.74) is 2.12. The van der Waals surface area contributed by atoms with Crippen molar-refractivity contribution in [2.24, 2.45) is 7.05 Å². The van der Waals surface area contributed by atoms with Gasteiger partial charge < -0.3 is 9.80 Å². The first-order valence-electron chi connectivity index (χ1n) is 9.46. The second-order valence-electron chi connectivity index (χ2n) is 7.09. The van der Waals surface area contributed by atoms with Crippen LogP contribution in [0.1, 0.15) is 18.4 Å². The van der Waals surface area contributed by atoms with E-state index >= 15 is 0 Å². The zero-order valence-electron chi connectivity index (χ0n) is 16.1. The fraction of sp³-hybridized carbons (Fsp3) is 0.333.